The molecule has 0 bridgehead atoms. The van der Waals surface area contributed by atoms with Crippen LogP contribution in [-0.2, 0) is 14.3 Å². The van der Waals surface area contributed by atoms with Crippen LogP contribution in [0.4, 0.5) is 0 Å². The lowest BCUT2D eigenvalue weighted by Gasteiger charge is -2.25. The highest BCUT2D eigenvalue weighted by Crippen LogP contribution is 2.15. The van der Waals surface area contributed by atoms with Crippen molar-refractivity contribution in [3.63, 3.8) is 0 Å². The molecule has 1 atom stereocenters. The molecule has 160 valence electrons. The van der Waals surface area contributed by atoms with Crippen molar-refractivity contribution in [2.24, 2.45) is 0 Å². The van der Waals surface area contributed by atoms with Gasteiger partial charge in [-0.1, -0.05) is 0 Å². The summed E-state index contributed by atoms with van der Waals surface area (Å²) in [5, 5.41) is 2.97. The van der Waals surface area contributed by atoms with E-state index in [9.17, 15) is 9.59 Å². The second kappa shape index (κ2) is 11.2. The summed E-state index contributed by atoms with van der Waals surface area (Å²) in [6, 6.07) is 0. The summed E-state index contributed by atoms with van der Waals surface area (Å²) in [7, 11) is 0. The van der Waals surface area contributed by atoms with Crippen molar-refractivity contribution in [2.75, 3.05) is 59.1 Å². The van der Waals surface area contributed by atoms with Gasteiger partial charge in [0.05, 0.1) is 44.3 Å². The number of nitrogens with zero attached hydrogens (tertiary/aromatic N) is 3. The predicted molar refractivity (Wildman–Crippen MR) is 106 cm³/mol. The fraction of sp³-hybridized carbons (Fsp3) is 0.700. The molecule has 0 saturated carbocycles. The average molecular weight is 407 g/mol. The van der Waals surface area contributed by atoms with Crippen LogP contribution in [0.15, 0.2) is 12.4 Å². The van der Waals surface area contributed by atoms with Crippen LogP contribution in [0.5, 0.6) is 0 Å². The SMILES string of the molecule is Cc1cnc(C(=O)N(CCC(=O)NCC[NH+]2CCOCC2)C[C@H]2CCCO2)cn1. The Hall–Kier alpha value is -2.10. The van der Waals surface area contributed by atoms with Gasteiger partial charge in [-0.25, -0.2) is 4.98 Å². The number of nitrogens with one attached hydrogen (secondary N) is 2. The van der Waals surface area contributed by atoms with E-state index in [2.05, 4.69) is 15.3 Å². The lowest BCUT2D eigenvalue weighted by Crippen LogP contribution is -3.14. The minimum absolute atomic E-state index is 0.0188. The number of hydrogen-bond donors (Lipinski definition) is 2. The minimum Gasteiger partial charge on any atom is -0.376 e. The van der Waals surface area contributed by atoms with Gasteiger partial charge in [-0.15, -0.1) is 0 Å². The van der Waals surface area contributed by atoms with Crippen LogP contribution >= 0.6 is 0 Å². The molecule has 3 rings (SSSR count). The first-order chi connectivity index (χ1) is 14.1. The number of carbonyl (C=O) groups excluding carboxylic acids is 2. The first kappa shape index (κ1) is 21.6. The third-order valence-corrected chi connectivity index (χ3v) is 5.34. The maximum Gasteiger partial charge on any atom is 0.274 e. The van der Waals surface area contributed by atoms with Gasteiger partial charge in [0.1, 0.15) is 18.8 Å². The molecule has 0 unspecified atom stereocenters. The molecule has 9 nitrogen and oxygen atoms in total. The summed E-state index contributed by atoms with van der Waals surface area (Å²) in [5.41, 5.74) is 1.05. The van der Waals surface area contributed by atoms with Gasteiger partial charge in [-0.05, 0) is 19.8 Å². The molecular formula is C20H32N5O4+. The maximum atomic E-state index is 12.9. The smallest absolute Gasteiger partial charge is 0.274 e. The molecule has 1 aromatic rings. The van der Waals surface area contributed by atoms with Crippen LogP contribution in [-0.4, -0.2) is 91.9 Å². The van der Waals surface area contributed by atoms with Crippen molar-refractivity contribution < 1.29 is 24.0 Å². The van der Waals surface area contributed by atoms with E-state index in [0.717, 1.165) is 58.0 Å². The molecule has 2 saturated heterocycles. The highest BCUT2D eigenvalue weighted by atomic mass is 16.5. The second-order valence-electron chi connectivity index (χ2n) is 7.64. The molecule has 0 spiro atoms. The Morgan fingerprint density at radius 1 is 1.24 bits per heavy atom. The van der Waals surface area contributed by atoms with Gasteiger partial charge in [0.25, 0.3) is 5.91 Å². The van der Waals surface area contributed by atoms with E-state index in [1.165, 1.54) is 11.1 Å². The molecule has 0 aliphatic carbocycles. The van der Waals surface area contributed by atoms with Crippen LogP contribution in [0.2, 0.25) is 0 Å². The topological polar surface area (TPSA) is 98.1 Å². The van der Waals surface area contributed by atoms with Gasteiger partial charge in [-0.2, -0.15) is 0 Å². The molecule has 0 radical (unpaired) electrons. The summed E-state index contributed by atoms with van der Waals surface area (Å²) in [6.45, 7) is 8.43. The number of carbonyl (C=O) groups is 2. The lowest BCUT2D eigenvalue weighted by atomic mass is 10.2. The number of aromatic nitrogens is 2. The number of quaternary nitrogens is 1. The van der Waals surface area contributed by atoms with E-state index in [-0.39, 0.29) is 24.3 Å². The molecule has 2 aliphatic rings. The van der Waals surface area contributed by atoms with E-state index in [1.54, 1.807) is 11.1 Å². The van der Waals surface area contributed by atoms with Gasteiger partial charge in [-0.3, -0.25) is 14.6 Å². The lowest BCUT2D eigenvalue weighted by molar-refractivity contribution is -0.906. The monoisotopic (exact) mass is 406 g/mol. The largest absolute Gasteiger partial charge is 0.376 e. The standard InChI is InChI=1S/C20H31N5O4/c1-16-13-23-18(14-22-16)20(27)25(15-17-3-2-10-29-17)6-4-19(26)21-5-7-24-8-11-28-12-9-24/h13-14,17H,2-12,15H2,1H3,(H,21,26)/p+1/t17-/m1/s1. The first-order valence-corrected chi connectivity index (χ1v) is 10.5. The van der Waals surface area contributed by atoms with E-state index < -0.39 is 0 Å². The summed E-state index contributed by atoms with van der Waals surface area (Å²) in [5.74, 6) is -0.253. The fourth-order valence-corrected chi connectivity index (χ4v) is 3.59. The molecule has 2 aliphatic heterocycles. The van der Waals surface area contributed by atoms with Crippen molar-refractivity contribution in [3.8, 4) is 0 Å². The molecule has 1 aromatic heterocycles. The number of hydrogen-bond acceptors (Lipinski definition) is 6. The summed E-state index contributed by atoms with van der Waals surface area (Å²) in [4.78, 5) is 36.7. The zero-order valence-corrected chi connectivity index (χ0v) is 17.2. The molecule has 9 heteroatoms. The highest BCUT2D eigenvalue weighted by Gasteiger charge is 2.25. The number of morpholine rings is 1. The maximum absolute atomic E-state index is 12.9. The third-order valence-electron chi connectivity index (χ3n) is 5.34. The van der Waals surface area contributed by atoms with Gasteiger partial charge in [0.15, 0.2) is 0 Å². The molecule has 3 heterocycles. The van der Waals surface area contributed by atoms with E-state index >= 15 is 0 Å². The Bertz CT molecular complexity index is 657. The first-order valence-electron chi connectivity index (χ1n) is 10.5. The van der Waals surface area contributed by atoms with Crippen LogP contribution in [0.25, 0.3) is 0 Å². The number of ether oxygens (including phenoxy) is 2. The quantitative estimate of drug-likeness (QED) is 0.536. The predicted octanol–water partition coefficient (Wildman–Crippen LogP) is -1.17. The molecule has 2 fully saturated rings. The molecule has 29 heavy (non-hydrogen) atoms. The van der Waals surface area contributed by atoms with E-state index in [1.807, 2.05) is 6.92 Å². The number of amides is 2. The zero-order valence-electron chi connectivity index (χ0n) is 17.2. The fourth-order valence-electron chi connectivity index (χ4n) is 3.59. The Kier molecular flexibility index (Phi) is 8.33. The summed E-state index contributed by atoms with van der Waals surface area (Å²) >= 11 is 0. The Labute approximate surface area is 171 Å². The highest BCUT2D eigenvalue weighted by molar-refractivity contribution is 5.92. The van der Waals surface area contributed by atoms with Crippen LogP contribution in [0.3, 0.4) is 0 Å². The van der Waals surface area contributed by atoms with E-state index in [0.29, 0.717) is 25.3 Å². The Balaban J connectivity index is 1.48. The van der Waals surface area contributed by atoms with Crippen molar-refractivity contribution in [1.29, 1.82) is 0 Å². The van der Waals surface area contributed by atoms with Gasteiger partial charge in [0, 0.05) is 32.3 Å². The molecular weight excluding hydrogens is 374 g/mol. The van der Waals surface area contributed by atoms with E-state index in [4.69, 9.17) is 9.47 Å². The molecule has 2 N–H and O–H groups in total. The zero-order chi connectivity index (χ0) is 20.5. The van der Waals surface area contributed by atoms with Gasteiger partial charge >= 0.3 is 0 Å². The molecule has 0 aromatic carbocycles. The van der Waals surface area contributed by atoms with Gasteiger partial charge < -0.3 is 24.6 Å². The van der Waals surface area contributed by atoms with Crippen LogP contribution in [0, 0.1) is 6.92 Å². The minimum atomic E-state index is -0.210. The van der Waals surface area contributed by atoms with Crippen LogP contribution in [0.1, 0.15) is 35.4 Å². The number of aryl methyl sites for hydroxylation is 1. The van der Waals surface area contributed by atoms with Crippen molar-refractivity contribution in [2.45, 2.75) is 32.3 Å². The number of rotatable bonds is 9. The van der Waals surface area contributed by atoms with Crippen molar-refractivity contribution in [3.05, 3.63) is 23.8 Å². The Morgan fingerprint density at radius 3 is 2.76 bits per heavy atom. The Morgan fingerprint density at radius 2 is 2.07 bits per heavy atom. The average Bonchev–Trinajstić information content (AvgIpc) is 3.25. The normalized spacial score (nSPS) is 19.8. The van der Waals surface area contributed by atoms with Crippen molar-refractivity contribution >= 4 is 11.8 Å². The molecule has 2 amide bonds. The van der Waals surface area contributed by atoms with Crippen LogP contribution < -0.4 is 10.2 Å². The second-order valence-corrected chi connectivity index (χ2v) is 7.64. The summed E-state index contributed by atoms with van der Waals surface area (Å²) < 4.78 is 11.0. The summed E-state index contributed by atoms with van der Waals surface area (Å²) in [6.07, 6.45) is 5.28. The third kappa shape index (κ3) is 7.02. The van der Waals surface area contributed by atoms with Crippen molar-refractivity contribution in [1.82, 2.24) is 20.2 Å². The van der Waals surface area contributed by atoms with Gasteiger partial charge in [0.2, 0.25) is 5.91 Å².